The normalized spacial score (nSPS) is 12.4. The van der Waals surface area contributed by atoms with Crippen molar-refractivity contribution >= 4 is 34.4 Å². The van der Waals surface area contributed by atoms with Gasteiger partial charge in [0.25, 0.3) is 0 Å². The summed E-state index contributed by atoms with van der Waals surface area (Å²) in [6.45, 7) is 4.08. The van der Waals surface area contributed by atoms with Gasteiger partial charge in [0.15, 0.2) is 5.15 Å². The van der Waals surface area contributed by atoms with E-state index in [-0.39, 0.29) is 18.2 Å². The van der Waals surface area contributed by atoms with Crippen LogP contribution in [0.1, 0.15) is 20.3 Å². The van der Waals surface area contributed by atoms with Crippen LogP contribution in [0.25, 0.3) is 10.9 Å². The van der Waals surface area contributed by atoms with Gasteiger partial charge >= 0.3 is 5.97 Å². The van der Waals surface area contributed by atoms with Crippen LogP contribution < -0.4 is 5.32 Å². The maximum atomic E-state index is 12.1. The smallest absolute Gasteiger partial charge is 0.328 e. The molecular formula is C16H20ClN3O3. The molecule has 124 valence electrons. The highest BCUT2D eigenvalue weighted by atomic mass is 35.5. The third-order valence-corrected chi connectivity index (χ3v) is 3.88. The van der Waals surface area contributed by atoms with Crippen molar-refractivity contribution in [3.8, 4) is 0 Å². The number of ether oxygens (including phenoxy) is 1. The van der Waals surface area contributed by atoms with Crippen LogP contribution in [0, 0.1) is 5.92 Å². The quantitative estimate of drug-likeness (QED) is 0.821. The number of carbonyl (C=O) groups is 2. The fourth-order valence-electron chi connectivity index (χ4n) is 2.34. The number of esters is 1. The Morgan fingerprint density at radius 3 is 2.70 bits per heavy atom. The van der Waals surface area contributed by atoms with Gasteiger partial charge in [-0.3, -0.25) is 9.48 Å². The number of nitrogens with zero attached hydrogens (tertiary/aromatic N) is 2. The first-order valence-electron chi connectivity index (χ1n) is 7.42. The number of halogens is 1. The number of rotatable bonds is 6. The van der Waals surface area contributed by atoms with E-state index in [2.05, 4.69) is 10.4 Å². The number of aryl methyl sites for hydroxylation is 1. The molecular weight excluding hydrogens is 318 g/mol. The lowest BCUT2D eigenvalue weighted by Crippen LogP contribution is -2.45. The van der Waals surface area contributed by atoms with E-state index in [1.54, 1.807) is 4.68 Å². The summed E-state index contributed by atoms with van der Waals surface area (Å²) < 4.78 is 6.40. The van der Waals surface area contributed by atoms with Crippen LogP contribution in [0.2, 0.25) is 5.15 Å². The van der Waals surface area contributed by atoms with Gasteiger partial charge in [0, 0.05) is 11.8 Å². The molecule has 0 spiro atoms. The summed E-state index contributed by atoms with van der Waals surface area (Å²) in [6.07, 6.45) is 0.197. The summed E-state index contributed by atoms with van der Waals surface area (Å²) in [5, 5.41) is 8.21. The zero-order chi connectivity index (χ0) is 17.0. The largest absolute Gasteiger partial charge is 0.467 e. The lowest BCUT2D eigenvalue weighted by atomic mass is 10.0. The summed E-state index contributed by atoms with van der Waals surface area (Å²) in [4.78, 5) is 23.8. The Balaban J connectivity index is 2.02. The van der Waals surface area contributed by atoms with Gasteiger partial charge in [0.1, 0.15) is 6.04 Å². The predicted molar refractivity (Wildman–Crippen MR) is 88.1 cm³/mol. The van der Waals surface area contributed by atoms with E-state index in [1.807, 2.05) is 38.1 Å². The molecule has 6 nitrogen and oxygen atoms in total. The molecule has 1 N–H and O–H groups in total. The Hall–Kier alpha value is -2.08. The topological polar surface area (TPSA) is 73.2 Å². The summed E-state index contributed by atoms with van der Waals surface area (Å²) >= 11 is 6.09. The van der Waals surface area contributed by atoms with Crippen LogP contribution in [0.5, 0.6) is 0 Å². The molecule has 2 rings (SSSR count). The first-order chi connectivity index (χ1) is 10.9. The van der Waals surface area contributed by atoms with E-state index in [0.29, 0.717) is 11.7 Å². The van der Waals surface area contributed by atoms with Crippen molar-refractivity contribution in [1.29, 1.82) is 0 Å². The van der Waals surface area contributed by atoms with E-state index < -0.39 is 12.0 Å². The molecule has 23 heavy (non-hydrogen) atoms. The molecule has 0 saturated heterocycles. The van der Waals surface area contributed by atoms with Crippen LogP contribution in [0.4, 0.5) is 0 Å². The van der Waals surface area contributed by atoms with Crippen molar-refractivity contribution in [2.24, 2.45) is 5.92 Å². The molecule has 0 saturated carbocycles. The Kier molecular flexibility index (Phi) is 5.60. The zero-order valence-corrected chi connectivity index (χ0v) is 14.1. The highest BCUT2D eigenvalue weighted by Gasteiger charge is 2.24. The highest BCUT2D eigenvalue weighted by Crippen LogP contribution is 2.22. The number of carbonyl (C=O) groups excluding carboxylic acids is 2. The third-order valence-electron chi connectivity index (χ3n) is 3.60. The second kappa shape index (κ2) is 7.46. The Morgan fingerprint density at radius 1 is 1.35 bits per heavy atom. The van der Waals surface area contributed by atoms with E-state index in [4.69, 9.17) is 16.3 Å². The second-order valence-electron chi connectivity index (χ2n) is 5.59. The molecule has 0 aliphatic carbocycles. The molecule has 0 aliphatic rings. The number of amides is 1. The average molecular weight is 338 g/mol. The number of fused-ring (bicyclic) bond motifs is 1. The maximum absolute atomic E-state index is 12.1. The molecule has 1 atom stereocenters. The number of benzene rings is 1. The van der Waals surface area contributed by atoms with Crippen molar-refractivity contribution in [2.45, 2.75) is 32.9 Å². The average Bonchev–Trinajstić information content (AvgIpc) is 2.86. The van der Waals surface area contributed by atoms with Gasteiger partial charge in [-0.15, -0.1) is 0 Å². The minimum absolute atomic E-state index is 0.0497. The van der Waals surface area contributed by atoms with Gasteiger partial charge in [-0.2, -0.15) is 5.10 Å². The molecule has 1 aromatic heterocycles. The molecule has 2 aromatic rings. The van der Waals surface area contributed by atoms with Crippen molar-refractivity contribution in [3.05, 3.63) is 29.4 Å². The van der Waals surface area contributed by atoms with Crippen LogP contribution in [0.3, 0.4) is 0 Å². The van der Waals surface area contributed by atoms with Crippen LogP contribution in [0.15, 0.2) is 24.3 Å². The Bertz CT molecular complexity index is 712. The summed E-state index contributed by atoms with van der Waals surface area (Å²) in [5.41, 5.74) is 0.874. The Morgan fingerprint density at radius 2 is 2.04 bits per heavy atom. The lowest BCUT2D eigenvalue weighted by Gasteiger charge is -2.19. The number of para-hydroxylation sites is 1. The van der Waals surface area contributed by atoms with E-state index in [1.165, 1.54) is 7.11 Å². The SMILES string of the molecule is COC(=O)C(NC(=O)CCn1nc(Cl)c2ccccc21)C(C)C. The first-order valence-corrected chi connectivity index (χ1v) is 7.80. The van der Waals surface area contributed by atoms with Gasteiger partial charge in [0.05, 0.1) is 19.2 Å². The highest BCUT2D eigenvalue weighted by molar-refractivity contribution is 6.34. The number of aromatic nitrogens is 2. The van der Waals surface area contributed by atoms with Crippen LogP contribution >= 0.6 is 11.6 Å². The van der Waals surface area contributed by atoms with E-state index in [9.17, 15) is 9.59 Å². The van der Waals surface area contributed by atoms with E-state index >= 15 is 0 Å². The summed E-state index contributed by atoms with van der Waals surface area (Å²) in [7, 11) is 1.31. The van der Waals surface area contributed by atoms with Crippen molar-refractivity contribution in [2.75, 3.05) is 7.11 Å². The molecule has 1 amide bonds. The summed E-state index contributed by atoms with van der Waals surface area (Å²) in [6, 6.07) is 6.91. The van der Waals surface area contributed by atoms with Gasteiger partial charge < -0.3 is 10.1 Å². The third kappa shape index (κ3) is 4.01. The Labute approximate surface area is 139 Å². The van der Waals surface area contributed by atoms with Gasteiger partial charge in [0.2, 0.25) is 5.91 Å². The number of hydrogen-bond donors (Lipinski definition) is 1. The molecule has 1 aromatic carbocycles. The van der Waals surface area contributed by atoms with E-state index in [0.717, 1.165) is 10.9 Å². The number of methoxy groups -OCH3 is 1. The molecule has 7 heteroatoms. The van der Waals surface area contributed by atoms with Crippen molar-refractivity contribution < 1.29 is 14.3 Å². The summed E-state index contributed by atoms with van der Waals surface area (Å²) in [5.74, 6) is -0.725. The maximum Gasteiger partial charge on any atom is 0.328 e. The lowest BCUT2D eigenvalue weighted by molar-refractivity contribution is -0.146. The molecule has 0 radical (unpaired) electrons. The molecule has 1 heterocycles. The van der Waals surface area contributed by atoms with Gasteiger partial charge in [-0.05, 0) is 18.1 Å². The fourth-order valence-corrected chi connectivity index (χ4v) is 2.59. The van der Waals surface area contributed by atoms with Gasteiger partial charge in [-0.1, -0.05) is 37.6 Å². The van der Waals surface area contributed by atoms with Gasteiger partial charge in [-0.25, -0.2) is 4.79 Å². The predicted octanol–water partition coefficient (Wildman–Crippen LogP) is 2.39. The zero-order valence-electron chi connectivity index (χ0n) is 13.4. The standard InChI is InChI=1S/C16H20ClN3O3/c1-10(2)14(16(22)23-3)18-13(21)8-9-20-12-7-5-4-6-11(12)15(17)19-20/h4-7,10,14H,8-9H2,1-3H3,(H,18,21). The van der Waals surface area contributed by atoms with Crippen LogP contribution in [-0.2, 0) is 20.9 Å². The minimum atomic E-state index is -0.648. The second-order valence-corrected chi connectivity index (χ2v) is 5.95. The fraction of sp³-hybridized carbons (Fsp3) is 0.438. The molecule has 0 fully saturated rings. The molecule has 0 aliphatic heterocycles. The van der Waals surface area contributed by atoms with Crippen molar-refractivity contribution in [1.82, 2.24) is 15.1 Å². The number of nitrogens with one attached hydrogen (secondary N) is 1. The molecule has 0 bridgehead atoms. The van der Waals surface area contributed by atoms with Crippen LogP contribution in [-0.4, -0.2) is 34.8 Å². The van der Waals surface area contributed by atoms with Crippen molar-refractivity contribution in [3.63, 3.8) is 0 Å². The first kappa shape index (κ1) is 17.3. The molecule has 1 unspecified atom stereocenters. The number of hydrogen-bond acceptors (Lipinski definition) is 4. The minimum Gasteiger partial charge on any atom is -0.467 e. The monoisotopic (exact) mass is 337 g/mol.